The highest BCUT2D eigenvalue weighted by Crippen LogP contribution is 2.24. The molecule has 38 heavy (non-hydrogen) atoms. The van der Waals surface area contributed by atoms with Crippen LogP contribution in [0.5, 0.6) is 0 Å². The number of hydrogen-bond acceptors (Lipinski definition) is 2. The zero-order valence-electron chi connectivity index (χ0n) is 26.8. The fourth-order valence-electron chi connectivity index (χ4n) is 6.19. The molecule has 0 aromatic rings. The van der Waals surface area contributed by atoms with Gasteiger partial charge in [0, 0.05) is 25.5 Å². The Kier molecular flexibility index (Phi) is 26.0. The molecule has 0 saturated carbocycles. The summed E-state index contributed by atoms with van der Waals surface area (Å²) in [6.45, 7) is 9.47. The van der Waals surface area contributed by atoms with E-state index in [0.717, 1.165) is 0 Å². The summed E-state index contributed by atoms with van der Waals surface area (Å²) in [4.78, 5) is 5.41. The van der Waals surface area contributed by atoms with Crippen molar-refractivity contribution >= 4 is 0 Å². The predicted molar refractivity (Wildman–Crippen MR) is 173 cm³/mol. The Morgan fingerprint density at radius 1 is 0.342 bits per heavy atom. The third-order valence-electron chi connectivity index (χ3n) is 8.82. The summed E-state index contributed by atoms with van der Waals surface area (Å²) in [7, 11) is 0. The van der Waals surface area contributed by atoms with E-state index < -0.39 is 0 Å². The average molecular weight is 533 g/mol. The van der Waals surface area contributed by atoms with Gasteiger partial charge in [-0.15, -0.1) is 0 Å². The molecule has 0 fully saturated rings. The summed E-state index contributed by atoms with van der Waals surface area (Å²) in [5.74, 6) is 0. The average Bonchev–Trinajstić information content (AvgIpc) is 3.31. The summed E-state index contributed by atoms with van der Waals surface area (Å²) in [5, 5.41) is 0. The van der Waals surface area contributed by atoms with E-state index >= 15 is 0 Å². The molecule has 0 aromatic carbocycles. The SMILES string of the molecule is CCCCCCCCCCCCC1N(CCCCCCCCCC)C=CN1CCCCCCCCCCC. The second kappa shape index (κ2) is 27.9. The molecule has 0 aliphatic carbocycles. The number of hydrogen-bond donors (Lipinski definition) is 0. The van der Waals surface area contributed by atoms with Crippen molar-refractivity contribution in [3.05, 3.63) is 12.4 Å². The van der Waals surface area contributed by atoms with Crippen molar-refractivity contribution in [1.82, 2.24) is 9.80 Å². The minimum absolute atomic E-state index is 0.641. The zero-order chi connectivity index (χ0) is 27.4. The van der Waals surface area contributed by atoms with Crippen LogP contribution in [0.4, 0.5) is 0 Å². The Balaban J connectivity index is 2.25. The van der Waals surface area contributed by atoms with Crippen LogP contribution in [0.25, 0.3) is 0 Å². The molecule has 0 aromatic heterocycles. The van der Waals surface area contributed by atoms with Crippen LogP contribution in [-0.4, -0.2) is 29.1 Å². The van der Waals surface area contributed by atoms with Crippen LogP contribution in [-0.2, 0) is 0 Å². The molecule has 0 amide bonds. The Morgan fingerprint density at radius 3 is 0.921 bits per heavy atom. The molecular weight excluding hydrogens is 460 g/mol. The minimum atomic E-state index is 0.641. The quantitative estimate of drug-likeness (QED) is 0.0848. The summed E-state index contributed by atoms with van der Waals surface area (Å²) in [6.07, 6.45) is 45.4. The first-order chi connectivity index (χ1) is 18.8. The van der Waals surface area contributed by atoms with Gasteiger partial charge in [-0.2, -0.15) is 0 Å². The third-order valence-corrected chi connectivity index (χ3v) is 8.82. The van der Waals surface area contributed by atoms with Crippen molar-refractivity contribution in [1.29, 1.82) is 0 Å². The van der Waals surface area contributed by atoms with Crippen molar-refractivity contribution in [2.45, 2.75) is 207 Å². The van der Waals surface area contributed by atoms with Crippen molar-refractivity contribution in [2.24, 2.45) is 0 Å². The molecule has 2 nitrogen and oxygen atoms in total. The van der Waals surface area contributed by atoms with Crippen LogP contribution in [0.15, 0.2) is 12.4 Å². The molecule has 0 N–H and O–H groups in total. The second-order valence-electron chi connectivity index (χ2n) is 12.5. The molecular formula is C36H72N2. The van der Waals surface area contributed by atoms with Crippen LogP contribution < -0.4 is 0 Å². The van der Waals surface area contributed by atoms with Crippen LogP contribution >= 0.6 is 0 Å². The normalized spacial score (nSPS) is 15.3. The molecule has 1 heterocycles. The molecule has 226 valence electrons. The summed E-state index contributed by atoms with van der Waals surface area (Å²) in [5.41, 5.74) is 0. The molecule has 0 saturated heterocycles. The van der Waals surface area contributed by atoms with Crippen LogP contribution in [0.3, 0.4) is 0 Å². The maximum Gasteiger partial charge on any atom is 0.101 e. The molecule has 0 spiro atoms. The van der Waals surface area contributed by atoms with Gasteiger partial charge in [-0.25, -0.2) is 0 Å². The van der Waals surface area contributed by atoms with Gasteiger partial charge in [0.25, 0.3) is 0 Å². The molecule has 1 rings (SSSR count). The van der Waals surface area contributed by atoms with E-state index in [1.807, 2.05) is 0 Å². The third kappa shape index (κ3) is 20.3. The molecule has 2 heteroatoms. The lowest BCUT2D eigenvalue weighted by molar-refractivity contribution is 0.135. The van der Waals surface area contributed by atoms with Gasteiger partial charge in [-0.1, -0.05) is 175 Å². The molecule has 0 radical (unpaired) electrons. The van der Waals surface area contributed by atoms with E-state index in [-0.39, 0.29) is 0 Å². The Labute approximate surface area is 241 Å². The zero-order valence-corrected chi connectivity index (χ0v) is 26.8. The molecule has 1 unspecified atom stereocenters. The van der Waals surface area contributed by atoms with Gasteiger partial charge >= 0.3 is 0 Å². The fraction of sp³-hybridized carbons (Fsp3) is 0.944. The highest BCUT2D eigenvalue weighted by molar-refractivity contribution is 4.97. The van der Waals surface area contributed by atoms with E-state index in [1.54, 1.807) is 0 Å². The lowest BCUT2D eigenvalue weighted by atomic mass is 10.0. The topological polar surface area (TPSA) is 6.48 Å². The summed E-state index contributed by atoms with van der Waals surface area (Å²) < 4.78 is 0. The maximum atomic E-state index is 2.71. The van der Waals surface area contributed by atoms with E-state index in [0.29, 0.717) is 6.17 Å². The van der Waals surface area contributed by atoms with Gasteiger partial charge in [0.1, 0.15) is 6.17 Å². The van der Waals surface area contributed by atoms with E-state index in [4.69, 9.17) is 0 Å². The van der Waals surface area contributed by atoms with Crippen LogP contribution in [0.2, 0.25) is 0 Å². The van der Waals surface area contributed by atoms with E-state index in [2.05, 4.69) is 43.0 Å². The van der Waals surface area contributed by atoms with Gasteiger partial charge in [-0.3, -0.25) is 0 Å². The fourth-order valence-corrected chi connectivity index (χ4v) is 6.19. The van der Waals surface area contributed by atoms with Gasteiger partial charge in [-0.05, 0) is 25.7 Å². The first-order valence-electron chi connectivity index (χ1n) is 18.0. The standard InChI is InChI=1S/C36H72N2/c1-4-7-10-13-16-19-20-22-25-28-31-36-37(32-29-26-23-18-15-12-9-6-3)34-35-38(36)33-30-27-24-21-17-14-11-8-5-2/h34-36H,4-33H2,1-3H3. The highest BCUT2D eigenvalue weighted by atomic mass is 15.4. The molecule has 0 bridgehead atoms. The number of unbranched alkanes of at least 4 members (excludes halogenated alkanes) is 24. The highest BCUT2D eigenvalue weighted by Gasteiger charge is 2.24. The molecule has 1 aliphatic rings. The number of nitrogens with zero attached hydrogens (tertiary/aromatic N) is 2. The van der Waals surface area contributed by atoms with Crippen molar-refractivity contribution in [2.75, 3.05) is 13.1 Å². The Morgan fingerprint density at radius 2 is 0.605 bits per heavy atom. The minimum Gasteiger partial charge on any atom is -0.356 e. The van der Waals surface area contributed by atoms with Crippen molar-refractivity contribution in [3.63, 3.8) is 0 Å². The van der Waals surface area contributed by atoms with E-state index in [9.17, 15) is 0 Å². The van der Waals surface area contributed by atoms with Gasteiger partial charge < -0.3 is 9.80 Å². The monoisotopic (exact) mass is 533 g/mol. The molecule has 1 atom stereocenters. The van der Waals surface area contributed by atoms with Crippen LogP contribution in [0, 0.1) is 0 Å². The summed E-state index contributed by atoms with van der Waals surface area (Å²) in [6, 6.07) is 0. The Bertz CT molecular complexity index is 488. The first-order valence-corrected chi connectivity index (χ1v) is 18.0. The van der Waals surface area contributed by atoms with Crippen LogP contribution in [0.1, 0.15) is 201 Å². The molecule has 1 aliphatic heterocycles. The van der Waals surface area contributed by atoms with Gasteiger partial charge in [0.15, 0.2) is 0 Å². The summed E-state index contributed by atoms with van der Waals surface area (Å²) >= 11 is 0. The Hall–Kier alpha value is -0.660. The van der Waals surface area contributed by atoms with Gasteiger partial charge in [0.05, 0.1) is 0 Å². The number of rotatable bonds is 30. The first kappa shape index (κ1) is 35.4. The lowest BCUT2D eigenvalue weighted by Gasteiger charge is -2.33. The maximum absolute atomic E-state index is 2.71. The predicted octanol–water partition coefficient (Wildman–Crippen LogP) is 12.4. The van der Waals surface area contributed by atoms with Crippen molar-refractivity contribution in [3.8, 4) is 0 Å². The van der Waals surface area contributed by atoms with E-state index in [1.165, 1.54) is 193 Å². The largest absolute Gasteiger partial charge is 0.356 e. The van der Waals surface area contributed by atoms with Gasteiger partial charge in [0.2, 0.25) is 0 Å². The second-order valence-corrected chi connectivity index (χ2v) is 12.5. The lowest BCUT2D eigenvalue weighted by Crippen LogP contribution is -2.39. The van der Waals surface area contributed by atoms with Crippen molar-refractivity contribution < 1.29 is 0 Å². The smallest absolute Gasteiger partial charge is 0.101 e.